The Kier molecular flexibility index (Phi) is 6.88. The first-order valence-corrected chi connectivity index (χ1v) is 9.55. The van der Waals surface area contributed by atoms with Crippen LogP contribution in [0.25, 0.3) is 0 Å². The molecule has 1 aliphatic rings. The van der Waals surface area contributed by atoms with Gasteiger partial charge in [-0.25, -0.2) is 4.79 Å². The predicted octanol–water partition coefficient (Wildman–Crippen LogP) is 2.98. The van der Waals surface area contributed by atoms with Crippen molar-refractivity contribution >= 4 is 6.03 Å². The lowest BCUT2D eigenvalue weighted by molar-refractivity contribution is 0.197. The molecule has 1 heterocycles. The quantitative estimate of drug-likeness (QED) is 0.868. The van der Waals surface area contributed by atoms with Crippen molar-refractivity contribution < 1.29 is 9.53 Å². The van der Waals surface area contributed by atoms with Crippen LogP contribution in [0.2, 0.25) is 0 Å². The molecule has 1 fully saturated rings. The van der Waals surface area contributed by atoms with Crippen LogP contribution in [0.3, 0.4) is 0 Å². The zero-order valence-corrected chi connectivity index (χ0v) is 16.2. The van der Waals surface area contributed by atoms with E-state index in [2.05, 4.69) is 16.3 Å². The maximum absolute atomic E-state index is 12.6. The average molecular weight is 378 g/mol. The largest absolute Gasteiger partial charge is 0.496 e. The Morgan fingerprint density at radius 3 is 2.64 bits per heavy atom. The van der Waals surface area contributed by atoms with E-state index >= 15 is 0 Å². The molecule has 0 radical (unpaired) electrons. The summed E-state index contributed by atoms with van der Waals surface area (Å²) in [4.78, 5) is 16.8. The van der Waals surface area contributed by atoms with E-state index in [4.69, 9.17) is 10.00 Å². The lowest BCUT2D eigenvalue weighted by atomic mass is 10.1. The Labute approximate surface area is 166 Å². The normalized spacial score (nSPS) is 14.8. The number of ether oxygens (including phenoxy) is 1. The number of rotatable bonds is 5. The van der Waals surface area contributed by atoms with E-state index < -0.39 is 0 Å². The van der Waals surface area contributed by atoms with Gasteiger partial charge in [-0.3, -0.25) is 4.90 Å². The zero-order chi connectivity index (χ0) is 19.8. The standard InChI is InChI=1S/C22H26N4O2/c1-28-21-6-3-2-5-20(21)16-24-22(27)26-12-4-11-25(13-14-26)17-19-9-7-18(15-23)8-10-19/h2-3,5-10H,4,11-14,16-17H2,1H3,(H,24,27). The van der Waals surface area contributed by atoms with Gasteiger partial charge in [-0.05, 0) is 30.2 Å². The summed E-state index contributed by atoms with van der Waals surface area (Å²) in [5.74, 6) is 0.784. The molecule has 0 unspecified atom stereocenters. The molecule has 2 aromatic carbocycles. The van der Waals surface area contributed by atoms with Crippen molar-refractivity contribution in [1.82, 2.24) is 15.1 Å². The molecular formula is C22H26N4O2. The van der Waals surface area contributed by atoms with Gasteiger partial charge in [-0.1, -0.05) is 30.3 Å². The van der Waals surface area contributed by atoms with E-state index in [1.807, 2.05) is 53.4 Å². The summed E-state index contributed by atoms with van der Waals surface area (Å²) in [6.07, 6.45) is 0.943. The fourth-order valence-electron chi connectivity index (χ4n) is 3.41. The van der Waals surface area contributed by atoms with Crippen molar-refractivity contribution in [3.8, 4) is 11.8 Å². The first-order valence-electron chi connectivity index (χ1n) is 9.55. The Balaban J connectivity index is 1.50. The summed E-state index contributed by atoms with van der Waals surface area (Å²) in [5, 5.41) is 11.9. The van der Waals surface area contributed by atoms with Gasteiger partial charge in [0.05, 0.1) is 18.7 Å². The highest BCUT2D eigenvalue weighted by atomic mass is 16.5. The second-order valence-corrected chi connectivity index (χ2v) is 6.90. The number of nitrogens with one attached hydrogen (secondary N) is 1. The van der Waals surface area contributed by atoms with Crippen molar-refractivity contribution in [3.05, 3.63) is 65.2 Å². The summed E-state index contributed by atoms with van der Waals surface area (Å²) >= 11 is 0. The number of amides is 2. The molecule has 2 amide bonds. The predicted molar refractivity (Wildman–Crippen MR) is 108 cm³/mol. The molecule has 0 atom stereocenters. The smallest absolute Gasteiger partial charge is 0.317 e. The molecule has 0 aromatic heterocycles. The third kappa shape index (κ3) is 5.24. The van der Waals surface area contributed by atoms with E-state index in [0.717, 1.165) is 43.9 Å². The summed E-state index contributed by atoms with van der Waals surface area (Å²) < 4.78 is 5.34. The second kappa shape index (κ2) is 9.77. The number of carbonyl (C=O) groups excluding carboxylic acids is 1. The highest BCUT2D eigenvalue weighted by molar-refractivity contribution is 5.74. The lowest BCUT2D eigenvalue weighted by Crippen LogP contribution is -2.41. The Hall–Kier alpha value is -3.04. The first-order chi connectivity index (χ1) is 13.7. The number of hydrogen-bond acceptors (Lipinski definition) is 4. The molecule has 3 rings (SSSR count). The molecule has 6 heteroatoms. The molecule has 1 N–H and O–H groups in total. The Bertz CT molecular complexity index is 829. The van der Waals surface area contributed by atoms with Crippen LogP contribution in [0.4, 0.5) is 4.79 Å². The van der Waals surface area contributed by atoms with Crippen molar-refractivity contribution in [2.75, 3.05) is 33.3 Å². The molecule has 1 aliphatic heterocycles. The fraction of sp³-hybridized carbons (Fsp3) is 0.364. The summed E-state index contributed by atoms with van der Waals surface area (Å²) in [6, 6.07) is 17.5. The molecule has 1 saturated heterocycles. The average Bonchev–Trinajstić information content (AvgIpc) is 2.98. The van der Waals surface area contributed by atoms with E-state index in [1.165, 1.54) is 5.56 Å². The number of nitriles is 1. The number of para-hydroxylation sites is 1. The number of nitrogens with zero attached hydrogens (tertiary/aromatic N) is 3. The van der Waals surface area contributed by atoms with Crippen LogP contribution in [0, 0.1) is 11.3 Å². The van der Waals surface area contributed by atoms with Gasteiger partial charge in [0.15, 0.2) is 0 Å². The molecular weight excluding hydrogens is 352 g/mol. The van der Waals surface area contributed by atoms with Crippen molar-refractivity contribution in [2.24, 2.45) is 0 Å². The third-order valence-electron chi connectivity index (χ3n) is 4.99. The van der Waals surface area contributed by atoms with Gasteiger partial charge in [-0.15, -0.1) is 0 Å². The minimum Gasteiger partial charge on any atom is -0.496 e. The number of carbonyl (C=O) groups is 1. The maximum atomic E-state index is 12.6. The van der Waals surface area contributed by atoms with Gasteiger partial charge in [0.25, 0.3) is 0 Å². The number of hydrogen-bond donors (Lipinski definition) is 1. The lowest BCUT2D eigenvalue weighted by Gasteiger charge is -2.22. The monoisotopic (exact) mass is 378 g/mol. The van der Waals surface area contributed by atoms with Crippen molar-refractivity contribution in [3.63, 3.8) is 0 Å². The van der Waals surface area contributed by atoms with Crippen LogP contribution in [-0.2, 0) is 13.1 Å². The van der Waals surface area contributed by atoms with Crippen molar-refractivity contribution in [1.29, 1.82) is 5.26 Å². The van der Waals surface area contributed by atoms with E-state index in [0.29, 0.717) is 18.7 Å². The Morgan fingerprint density at radius 1 is 1.11 bits per heavy atom. The van der Waals surface area contributed by atoms with Gasteiger partial charge in [0.2, 0.25) is 0 Å². The SMILES string of the molecule is COc1ccccc1CNC(=O)N1CCCN(Cc2ccc(C#N)cc2)CC1. The second-order valence-electron chi connectivity index (χ2n) is 6.90. The third-order valence-corrected chi connectivity index (χ3v) is 4.99. The highest BCUT2D eigenvalue weighted by Gasteiger charge is 2.19. The van der Waals surface area contributed by atoms with E-state index in [1.54, 1.807) is 7.11 Å². The highest BCUT2D eigenvalue weighted by Crippen LogP contribution is 2.17. The molecule has 0 spiro atoms. The molecule has 0 aliphatic carbocycles. The topological polar surface area (TPSA) is 68.6 Å². The minimum absolute atomic E-state index is 0.0360. The van der Waals surface area contributed by atoms with E-state index in [-0.39, 0.29) is 6.03 Å². The van der Waals surface area contributed by atoms with Crippen molar-refractivity contribution in [2.45, 2.75) is 19.5 Å². The summed E-state index contributed by atoms with van der Waals surface area (Å²) in [5.41, 5.74) is 2.83. The summed E-state index contributed by atoms with van der Waals surface area (Å²) in [6.45, 7) is 4.53. The fourth-order valence-corrected chi connectivity index (χ4v) is 3.41. The first kappa shape index (κ1) is 19.7. The van der Waals surface area contributed by atoms with Crippen LogP contribution >= 0.6 is 0 Å². The zero-order valence-electron chi connectivity index (χ0n) is 16.2. The number of benzene rings is 2. The van der Waals surface area contributed by atoms with Gasteiger partial charge in [0.1, 0.15) is 5.75 Å². The molecule has 0 saturated carbocycles. The van der Waals surface area contributed by atoms with Crippen LogP contribution in [-0.4, -0.2) is 49.1 Å². The van der Waals surface area contributed by atoms with Crippen LogP contribution in [0.1, 0.15) is 23.1 Å². The Morgan fingerprint density at radius 2 is 1.89 bits per heavy atom. The molecule has 6 nitrogen and oxygen atoms in total. The van der Waals surface area contributed by atoms with Crippen LogP contribution in [0.5, 0.6) is 5.75 Å². The van der Waals surface area contributed by atoms with Crippen LogP contribution in [0.15, 0.2) is 48.5 Å². The summed E-state index contributed by atoms with van der Waals surface area (Å²) in [7, 11) is 1.64. The van der Waals surface area contributed by atoms with Gasteiger partial charge < -0.3 is 15.0 Å². The van der Waals surface area contributed by atoms with Gasteiger partial charge in [0, 0.05) is 44.8 Å². The van der Waals surface area contributed by atoms with Gasteiger partial charge in [-0.2, -0.15) is 5.26 Å². The van der Waals surface area contributed by atoms with Crippen LogP contribution < -0.4 is 10.1 Å². The molecule has 0 bridgehead atoms. The minimum atomic E-state index is -0.0360. The maximum Gasteiger partial charge on any atom is 0.317 e. The molecule has 28 heavy (non-hydrogen) atoms. The van der Waals surface area contributed by atoms with E-state index in [9.17, 15) is 4.79 Å². The number of methoxy groups -OCH3 is 1. The molecule has 2 aromatic rings. The molecule has 146 valence electrons. The van der Waals surface area contributed by atoms with Gasteiger partial charge >= 0.3 is 6.03 Å². The number of urea groups is 1.